The number of hydrogen-bond acceptors (Lipinski definition) is 3. The van der Waals surface area contributed by atoms with Crippen LogP contribution in [0.15, 0.2) is 29.5 Å². The van der Waals surface area contributed by atoms with Gasteiger partial charge < -0.3 is 20.4 Å². The Morgan fingerprint density at radius 1 is 1.38 bits per heavy atom. The van der Waals surface area contributed by atoms with Gasteiger partial charge in [0.15, 0.2) is 5.96 Å². The van der Waals surface area contributed by atoms with E-state index in [1.54, 1.807) is 7.05 Å². The zero-order valence-electron chi connectivity index (χ0n) is 18.0. The van der Waals surface area contributed by atoms with Gasteiger partial charge in [-0.15, -0.1) is 0 Å². The Morgan fingerprint density at radius 2 is 2.21 bits per heavy atom. The Hall–Kier alpha value is -2.57. The number of fused-ring (bicyclic) bond motifs is 1. The first-order chi connectivity index (χ1) is 14.0. The minimum absolute atomic E-state index is 0.0861. The average Bonchev–Trinajstić information content (AvgIpc) is 3.11. The molecule has 0 saturated heterocycles. The third kappa shape index (κ3) is 5.71. The smallest absolute Gasteiger partial charge is 0.223 e. The van der Waals surface area contributed by atoms with Crippen LogP contribution in [-0.2, 0) is 11.2 Å². The molecule has 0 aliphatic heterocycles. The lowest BCUT2D eigenvalue weighted by Gasteiger charge is -2.30. The number of nitrogens with zero attached hydrogens (tertiary/aromatic N) is 3. The fourth-order valence-electron chi connectivity index (χ4n) is 3.98. The quantitative estimate of drug-likeness (QED) is 0.516. The molecule has 1 amide bonds. The van der Waals surface area contributed by atoms with Crippen LogP contribution in [0, 0.1) is 12.8 Å². The molecule has 2 aromatic rings. The number of carbonyl (C=O) groups excluding carboxylic acids is 1. The minimum atomic E-state index is 0.0861. The normalized spacial score (nSPS) is 20.1. The average molecular weight is 399 g/mol. The van der Waals surface area contributed by atoms with E-state index in [-0.39, 0.29) is 23.9 Å². The van der Waals surface area contributed by atoms with Gasteiger partial charge in [-0.1, -0.05) is 12.5 Å². The highest BCUT2D eigenvalue weighted by molar-refractivity contribution is 5.81. The Balaban J connectivity index is 1.48. The van der Waals surface area contributed by atoms with Crippen LogP contribution >= 0.6 is 0 Å². The Kier molecular flexibility index (Phi) is 7.12. The van der Waals surface area contributed by atoms with Crippen molar-refractivity contribution in [3.8, 4) is 0 Å². The van der Waals surface area contributed by atoms with E-state index in [0.717, 1.165) is 55.9 Å². The zero-order chi connectivity index (χ0) is 20.8. The number of hydrogen-bond donors (Lipinski definition) is 3. The van der Waals surface area contributed by atoms with Gasteiger partial charge in [0.25, 0.3) is 0 Å². The van der Waals surface area contributed by atoms with Crippen LogP contribution < -0.4 is 16.0 Å². The third-order valence-corrected chi connectivity index (χ3v) is 5.44. The van der Waals surface area contributed by atoms with Crippen molar-refractivity contribution in [3.05, 3.63) is 35.8 Å². The molecule has 3 rings (SSSR count). The summed E-state index contributed by atoms with van der Waals surface area (Å²) in [5.41, 5.74) is 3.25. The van der Waals surface area contributed by atoms with E-state index in [0.29, 0.717) is 0 Å². The fourth-order valence-corrected chi connectivity index (χ4v) is 3.98. The van der Waals surface area contributed by atoms with Gasteiger partial charge in [0.2, 0.25) is 5.91 Å². The van der Waals surface area contributed by atoms with E-state index < -0.39 is 0 Å². The number of aryl methyl sites for hydroxylation is 1. The summed E-state index contributed by atoms with van der Waals surface area (Å²) in [7, 11) is 1.79. The third-order valence-electron chi connectivity index (χ3n) is 5.44. The van der Waals surface area contributed by atoms with E-state index in [2.05, 4.69) is 44.5 Å². The maximum absolute atomic E-state index is 12.3. The number of nitrogens with one attached hydrogen (secondary N) is 3. The highest BCUT2D eigenvalue weighted by Gasteiger charge is 2.27. The number of aromatic nitrogens is 2. The largest absolute Gasteiger partial charge is 0.356 e. The van der Waals surface area contributed by atoms with Crippen molar-refractivity contribution < 1.29 is 4.79 Å². The summed E-state index contributed by atoms with van der Waals surface area (Å²) in [5, 5.41) is 9.93. The molecular formula is C22H34N6O. The zero-order valence-corrected chi connectivity index (χ0v) is 18.0. The van der Waals surface area contributed by atoms with Crippen LogP contribution in [0.4, 0.5) is 0 Å². The van der Waals surface area contributed by atoms with Crippen LogP contribution in [0.3, 0.4) is 0 Å². The molecule has 2 heterocycles. The van der Waals surface area contributed by atoms with E-state index in [1.165, 1.54) is 5.56 Å². The van der Waals surface area contributed by atoms with E-state index in [9.17, 15) is 4.79 Å². The summed E-state index contributed by atoms with van der Waals surface area (Å²) in [6, 6.07) is 4.58. The number of amides is 1. The first-order valence-corrected chi connectivity index (χ1v) is 10.7. The summed E-state index contributed by atoms with van der Waals surface area (Å²) in [5.74, 6) is 1.06. The lowest BCUT2D eigenvalue weighted by molar-refractivity contribution is -0.126. The lowest BCUT2D eigenvalue weighted by Crippen LogP contribution is -2.47. The first kappa shape index (κ1) is 21.1. The molecule has 3 N–H and O–H groups in total. The van der Waals surface area contributed by atoms with Crippen molar-refractivity contribution in [2.45, 2.75) is 65.0 Å². The van der Waals surface area contributed by atoms with Crippen molar-refractivity contribution >= 4 is 17.5 Å². The molecule has 2 atom stereocenters. The van der Waals surface area contributed by atoms with Gasteiger partial charge in [0.1, 0.15) is 5.65 Å². The van der Waals surface area contributed by atoms with Gasteiger partial charge in [-0.3, -0.25) is 9.79 Å². The molecular weight excluding hydrogens is 364 g/mol. The van der Waals surface area contributed by atoms with Crippen molar-refractivity contribution in [1.82, 2.24) is 25.3 Å². The number of guanidine groups is 1. The monoisotopic (exact) mass is 398 g/mol. The van der Waals surface area contributed by atoms with Crippen molar-refractivity contribution in [2.24, 2.45) is 10.9 Å². The van der Waals surface area contributed by atoms with E-state index >= 15 is 0 Å². The molecule has 1 aliphatic rings. The molecule has 1 fully saturated rings. The van der Waals surface area contributed by atoms with Crippen molar-refractivity contribution in [3.63, 3.8) is 0 Å². The second kappa shape index (κ2) is 9.76. The highest BCUT2D eigenvalue weighted by Crippen LogP contribution is 2.24. The molecule has 1 aliphatic carbocycles. The molecule has 7 heteroatoms. The fraction of sp³-hybridized carbons (Fsp3) is 0.591. The second-order valence-corrected chi connectivity index (χ2v) is 8.27. The van der Waals surface area contributed by atoms with Crippen molar-refractivity contribution in [1.29, 1.82) is 0 Å². The van der Waals surface area contributed by atoms with Gasteiger partial charge in [-0.05, 0) is 51.7 Å². The molecule has 158 valence electrons. The van der Waals surface area contributed by atoms with Crippen molar-refractivity contribution in [2.75, 3.05) is 13.6 Å². The summed E-state index contributed by atoms with van der Waals surface area (Å²) >= 11 is 0. The highest BCUT2D eigenvalue weighted by atomic mass is 16.1. The summed E-state index contributed by atoms with van der Waals surface area (Å²) in [6.45, 7) is 6.85. The van der Waals surface area contributed by atoms with E-state index in [4.69, 9.17) is 4.98 Å². The van der Waals surface area contributed by atoms with Gasteiger partial charge in [-0.25, -0.2) is 4.98 Å². The lowest BCUT2D eigenvalue weighted by atomic mass is 9.85. The maximum Gasteiger partial charge on any atom is 0.223 e. The summed E-state index contributed by atoms with van der Waals surface area (Å²) in [4.78, 5) is 21.4. The van der Waals surface area contributed by atoms with Gasteiger partial charge in [-0.2, -0.15) is 0 Å². The van der Waals surface area contributed by atoms with E-state index in [1.807, 2.05) is 26.1 Å². The molecule has 7 nitrogen and oxygen atoms in total. The second-order valence-electron chi connectivity index (χ2n) is 8.27. The summed E-state index contributed by atoms with van der Waals surface area (Å²) < 4.78 is 2.07. The molecule has 2 aromatic heterocycles. The first-order valence-electron chi connectivity index (χ1n) is 10.7. The molecule has 1 saturated carbocycles. The van der Waals surface area contributed by atoms with Gasteiger partial charge >= 0.3 is 0 Å². The molecule has 0 radical (unpaired) electrons. The predicted octanol–water partition coefficient (Wildman–Crippen LogP) is 2.43. The van der Waals surface area contributed by atoms with Crippen LogP contribution in [0.1, 0.15) is 50.8 Å². The SMILES string of the molecule is CN=C(NCCc1cn2cccc(C)c2n1)NC1CCCC(C(=O)NC(C)C)C1. The predicted molar refractivity (Wildman–Crippen MR) is 117 cm³/mol. The number of aliphatic imine (C=N–C) groups is 1. The number of carbonyl (C=O) groups is 1. The number of pyridine rings is 1. The van der Waals surface area contributed by atoms with Gasteiger partial charge in [0.05, 0.1) is 5.69 Å². The standard InChI is InChI=1S/C22H34N6O/c1-15(2)25-21(29)17-8-5-9-18(13-17)27-22(23-4)24-11-10-19-14-28-12-6-7-16(3)20(28)26-19/h6-7,12,14-15,17-18H,5,8-11,13H2,1-4H3,(H,25,29)(H2,23,24,27). The van der Waals surface area contributed by atoms with Crippen LogP contribution in [0.5, 0.6) is 0 Å². The van der Waals surface area contributed by atoms with Crippen LogP contribution in [0.25, 0.3) is 5.65 Å². The van der Waals surface area contributed by atoms with Crippen LogP contribution in [0.2, 0.25) is 0 Å². The maximum atomic E-state index is 12.3. The Morgan fingerprint density at radius 3 is 2.93 bits per heavy atom. The molecule has 0 aromatic carbocycles. The number of rotatable bonds is 6. The van der Waals surface area contributed by atoms with Crippen LogP contribution in [-0.4, -0.2) is 46.9 Å². The molecule has 29 heavy (non-hydrogen) atoms. The molecule has 0 bridgehead atoms. The molecule has 0 spiro atoms. The number of imidazole rings is 1. The molecule has 2 unspecified atom stereocenters. The summed E-state index contributed by atoms with van der Waals surface area (Å²) in [6.07, 6.45) is 8.89. The minimum Gasteiger partial charge on any atom is -0.356 e. The topological polar surface area (TPSA) is 82.8 Å². The Bertz CT molecular complexity index is 856. The van der Waals surface area contributed by atoms with Gasteiger partial charge in [0, 0.05) is 50.4 Å². The Labute approximate surface area is 173 Å².